The summed E-state index contributed by atoms with van der Waals surface area (Å²) in [7, 11) is -3.77. The van der Waals surface area contributed by atoms with E-state index in [1.54, 1.807) is 30.3 Å². The highest BCUT2D eigenvalue weighted by Gasteiger charge is 2.38. The molecule has 1 saturated heterocycles. The van der Waals surface area contributed by atoms with Gasteiger partial charge in [-0.2, -0.15) is 0 Å². The van der Waals surface area contributed by atoms with Gasteiger partial charge in [0.2, 0.25) is 21.8 Å². The number of carbonyl (C=O) groups excluding carboxylic acids is 1. The molecule has 1 unspecified atom stereocenters. The molecule has 1 atom stereocenters. The van der Waals surface area contributed by atoms with E-state index >= 15 is 0 Å². The number of carbonyl (C=O) groups is 1. The smallest absolute Gasteiger partial charge is 0.234 e. The molecule has 1 amide bonds. The van der Waals surface area contributed by atoms with Crippen LogP contribution in [0.3, 0.4) is 0 Å². The van der Waals surface area contributed by atoms with E-state index in [1.165, 1.54) is 4.90 Å². The standard InChI is InChI=1S/C13H12ClN3O4S/c14-9-3-1-8(2-4-9)11-6-13(21-16-11)17-7-10(5-12(17)18)22(15,19)20/h1-4,6,10H,5,7H2,(H2,15,19,20). The summed E-state index contributed by atoms with van der Waals surface area (Å²) in [5.74, 6) is -0.168. The van der Waals surface area contributed by atoms with E-state index in [0.29, 0.717) is 10.7 Å². The molecule has 3 rings (SSSR count). The van der Waals surface area contributed by atoms with Crippen LogP contribution < -0.4 is 10.0 Å². The van der Waals surface area contributed by atoms with Crippen LogP contribution in [0.2, 0.25) is 5.02 Å². The van der Waals surface area contributed by atoms with Gasteiger partial charge in [-0.1, -0.05) is 28.9 Å². The average molecular weight is 342 g/mol. The number of primary sulfonamides is 1. The molecule has 1 aliphatic heterocycles. The van der Waals surface area contributed by atoms with Crippen molar-refractivity contribution in [2.24, 2.45) is 5.14 Å². The summed E-state index contributed by atoms with van der Waals surface area (Å²) in [6, 6.07) is 8.53. The summed E-state index contributed by atoms with van der Waals surface area (Å²) in [5, 5.41) is 8.65. The summed E-state index contributed by atoms with van der Waals surface area (Å²) in [6.07, 6.45) is -0.157. The largest absolute Gasteiger partial charge is 0.338 e. The van der Waals surface area contributed by atoms with Crippen LogP contribution in [0.25, 0.3) is 11.3 Å². The quantitative estimate of drug-likeness (QED) is 0.907. The highest BCUT2D eigenvalue weighted by Crippen LogP contribution is 2.29. The van der Waals surface area contributed by atoms with Gasteiger partial charge >= 0.3 is 0 Å². The minimum atomic E-state index is -3.77. The summed E-state index contributed by atoms with van der Waals surface area (Å²) >= 11 is 5.82. The van der Waals surface area contributed by atoms with Gasteiger partial charge in [0.15, 0.2) is 0 Å². The Labute approximate surface area is 131 Å². The molecule has 2 N–H and O–H groups in total. The van der Waals surface area contributed by atoms with Crippen LogP contribution in [0.5, 0.6) is 0 Å². The maximum Gasteiger partial charge on any atom is 0.234 e. The molecule has 2 aromatic rings. The fourth-order valence-electron chi connectivity index (χ4n) is 2.26. The first-order valence-corrected chi connectivity index (χ1v) is 8.38. The maximum atomic E-state index is 11.9. The van der Waals surface area contributed by atoms with Crippen LogP contribution in [0.4, 0.5) is 5.88 Å². The van der Waals surface area contributed by atoms with Crippen LogP contribution in [0, 0.1) is 0 Å². The molecule has 0 saturated carbocycles. The molecule has 0 aliphatic carbocycles. The van der Waals surface area contributed by atoms with E-state index in [2.05, 4.69) is 5.16 Å². The third-order valence-electron chi connectivity index (χ3n) is 3.46. The second kappa shape index (κ2) is 5.38. The minimum absolute atomic E-state index is 0.0348. The summed E-state index contributed by atoms with van der Waals surface area (Å²) in [6.45, 7) is -0.0348. The monoisotopic (exact) mass is 341 g/mol. The second-order valence-electron chi connectivity index (χ2n) is 4.98. The van der Waals surface area contributed by atoms with Crippen LogP contribution >= 0.6 is 11.6 Å². The molecule has 1 aromatic carbocycles. The van der Waals surface area contributed by atoms with Crippen LogP contribution in [0.1, 0.15) is 6.42 Å². The van der Waals surface area contributed by atoms with Gasteiger partial charge in [-0.05, 0) is 12.1 Å². The van der Waals surface area contributed by atoms with Crippen molar-refractivity contribution in [3.8, 4) is 11.3 Å². The Morgan fingerprint density at radius 1 is 1.32 bits per heavy atom. The third kappa shape index (κ3) is 2.85. The number of aromatic nitrogens is 1. The number of anilines is 1. The average Bonchev–Trinajstić information content (AvgIpc) is 3.05. The van der Waals surface area contributed by atoms with Crippen molar-refractivity contribution in [3.63, 3.8) is 0 Å². The van der Waals surface area contributed by atoms with Crippen LogP contribution in [0.15, 0.2) is 34.9 Å². The normalized spacial score (nSPS) is 18.9. The lowest BCUT2D eigenvalue weighted by Gasteiger charge is -2.10. The molecule has 1 aliphatic rings. The number of nitrogens with two attached hydrogens (primary N) is 1. The van der Waals surface area contributed by atoms with E-state index in [-0.39, 0.29) is 24.8 Å². The number of hydrogen-bond acceptors (Lipinski definition) is 5. The summed E-state index contributed by atoms with van der Waals surface area (Å²) in [5.41, 5.74) is 1.30. The molecule has 1 aromatic heterocycles. The van der Waals surface area contributed by atoms with Crippen molar-refractivity contribution >= 4 is 33.4 Å². The number of halogens is 1. The van der Waals surface area contributed by atoms with E-state index in [9.17, 15) is 13.2 Å². The topological polar surface area (TPSA) is 106 Å². The Morgan fingerprint density at radius 2 is 2.00 bits per heavy atom. The van der Waals surface area contributed by atoms with Crippen molar-refractivity contribution < 1.29 is 17.7 Å². The molecule has 2 heterocycles. The molecule has 0 bridgehead atoms. The van der Waals surface area contributed by atoms with Gasteiger partial charge in [0.05, 0.1) is 0 Å². The maximum absolute atomic E-state index is 11.9. The van der Waals surface area contributed by atoms with E-state index in [1.807, 2.05) is 0 Å². The third-order valence-corrected chi connectivity index (χ3v) is 4.95. The number of nitrogens with zero attached hydrogens (tertiary/aromatic N) is 2. The van der Waals surface area contributed by atoms with Crippen molar-refractivity contribution in [2.75, 3.05) is 11.4 Å². The predicted octanol–water partition coefficient (Wildman–Crippen LogP) is 1.39. The number of rotatable bonds is 3. The number of hydrogen-bond donors (Lipinski definition) is 1. The Balaban J connectivity index is 1.85. The lowest BCUT2D eigenvalue weighted by molar-refractivity contribution is -0.117. The van der Waals surface area contributed by atoms with Crippen molar-refractivity contribution in [2.45, 2.75) is 11.7 Å². The highest BCUT2D eigenvalue weighted by atomic mass is 35.5. The van der Waals surface area contributed by atoms with Crippen molar-refractivity contribution in [1.29, 1.82) is 0 Å². The van der Waals surface area contributed by atoms with E-state index < -0.39 is 15.3 Å². The fourth-order valence-corrected chi connectivity index (χ4v) is 3.12. The predicted molar refractivity (Wildman–Crippen MR) is 80.8 cm³/mol. The van der Waals surface area contributed by atoms with E-state index in [0.717, 1.165) is 5.56 Å². The molecule has 1 fully saturated rings. The Hall–Kier alpha value is -1.90. The number of amides is 1. The lowest BCUT2D eigenvalue weighted by Crippen LogP contribution is -2.31. The van der Waals surface area contributed by atoms with Crippen LogP contribution in [-0.2, 0) is 14.8 Å². The van der Waals surface area contributed by atoms with Gasteiger partial charge in [0.1, 0.15) is 10.9 Å². The first-order chi connectivity index (χ1) is 10.3. The van der Waals surface area contributed by atoms with E-state index in [4.69, 9.17) is 21.3 Å². The van der Waals surface area contributed by atoms with Gasteiger partial charge < -0.3 is 4.52 Å². The van der Waals surface area contributed by atoms with Gasteiger partial charge in [-0.3, -0.25) is 9.69 Å². The first kappa shape index (κ1) is 15.0. The Kier molecular flexibility index (Phi) is 3.67. The molecule has 22 heavy (non-hydrogen) atoms. The van der Waals surface area contributed by atoms with Crippen molar-refractivity contribution in [1.82, 2.24) is 5.16 Å². The SMILES string of the molecule is NS(=O)(=O)C1CC(=O)N(c2cc(-c3ccc(Cl)cc3)no2)C1. The Morgan fingerprint density at radius 3 is 2.59 bits per heavy atom. The molecule has 0 spiro atoms. The first-order valence-electron chi connectivity index (χ1n) is 6.39. The number of benzene rings is 1. The van der Waals surface area contributed by atoms with Gasteiger partial charge in [-0.15, -0.1) is 0 Å². The number of sulfonamides is 1. The minimum Gasteiger partial charge on any atom is -0.338 e. The summed E-state index contributed by atoms with van der Waals surface area (Å²) in [4.78, 5) is 13.2. The molecule has 0 radical (unpaired) electrons. The zero-order chi connectivity index (χ0) is 15.9. The molecule has 9 heteroatoms. The van der Waals surface area contributed by atoms with Crippen LogP contribution in [-0.4, -0.2) is 31.3 Å². The zero-order valence-corrected chi connectivity index (χ0v) is 12.8. The molecule has 7 nitrogen and oxygen atoms in total. The van der Waals surface area contributed by atoms with Gasteiger partial charge in [0.25, 0.3) is 0 Å². The summed E-state index contributed by atoms with van der Waals surface area (Å²) < 4.78 is 27.9. The van der Waals surface area contributed by atoms with Gasteiger partial charge in [-0.25, -0.2) is 13.6 Å². The Bertz CT molecular complexity index is 816. The molecular weight excluding hydrogens is 330 g/mol. The molecular formula is C13H12ClN3O4S. The second-order valence-corrected chi connectivity index (χ2v) is 7.26. The fraction of sp³-hybridized carbons (Fsp3) is 0.231. The lowest BCUT2D eigenvalue weighted by atomic mass is 10.1. The van der Waals surface area contributed by atoms with Crippen molar-refractivity contribution in [3.05, 3.63) is 35.4 Å². The zero-order valence-electron chi connectivity index (χ0n) is 11.3. The van der Waals surface area contributed by atoms with Gasteiger partial charge in [0, 0.05) is 29.6 Å². The highest BCUT2D eigenvalue weighted by molar-refractivity contribution is 7.89. The molecule has 116 valence electrons.